The molecule has 2 aliphatic heterocycles. The quantitative estimate of drug-likeness (QED) is 0.693. The van der Waals surface area contributed by atoms with Crippen LogP contribution >= 0.6 is 31.9 Å². The van der Waals surface area contributed by atoms with Crippen molar-refractivity contribution < 1.29 is 9.53 Å². The Morgan fingerprint density at radius 1 is 1.54 bits per heavy atom. The van der Waals surface area contributed by atoms with Crippen molar-refractivity contribution in [1.82, 2.24) is 4.90 Å². The molecule has 13 heavy (non-hydrogen) atoms. The molecule has 2 bridgehead atoms. The molecule has 0 radical (unpaired) electrons. The molecule has 0 spiro atoms. The van der Waals surface area contributed by atoms with Gasteiger partial charge in [0.2, 0.25) is 0 Å². The summed E-state index contributed by atoms with van der Waals surface area (Å²) < 4.78 is 4.96. The maximum Gasteiger partial charge on any atom is 0.410 e. The summed E-state index contributed by atoms with van der Waals surface area (Å²) in [6.07, 6.45) is -0.179. The summed E-state index contributed by atoms with van der Waals surface area (Å²) >= 11 is 7.15. The van der Waals surface area contributed by atoms with E-state index in [0.29, 0.717) is 22.2 Å². The van der Waals surface area contributed by atoms with Gasteiger partial charge in [0.15, 0.2) is 0 Å². The zero-order valence-corrected chi connectivity index (χ0v) is 10.4. The number of carbonyl (C=O) groups is 1. The van der Waals surface area contributed by atoms with Gasteiger partial charge < -0.3 is 9.64 Å². The van der Waals surface area contributed by atoms with Crippen molar-refractivity contribution in [3.8, 4) is 0 Å². The van der Waals surface area contributed by atoms with Crippen molar-refractivity contribution in [1.29, 1.82) is 0 Å². The Labute approximate surface area is 94.1 Å². The van der Waals surface area contributed by atoms with Gasteiger partial charge in [0.1, 0.15) is 0 Å². The summed E-state index contributed by atoms with van der Waals surface area (Å²) in [7, 11) is 0. The van der Waals surface area contributed by atoms with Crippen LogP contribution in [0, 0.1) is 5.92 Å². The van der Waals surface area contributed by atoms with Gasteiger partial charge in [-0.3, -0.25) is 0 Å². The van der Waals surface area contributed by atoms with Crippen LogP contribution < -0.4 is 0 Å². The van der Waals surface area contributed by atoms with Gasteiger partial charge in [-0.25, -0.2) is 4.79 Å². The average Bonchev–Trinajstić information content (AvgIpc) is 2.61. The van der Waals surface area contributed by atoms with Crippen LogP contribution in [0.2, 0.25) is 0 Å². The molecule has 0 aromatic carbocycles. The van der Waals surface area contributed by atoms with E-state index in [-0.39, 0.29) is 12.1 Å². The molecule has 74 valence electrons. The van der Waals surface area contributed by atoms with E-state index in [9.17, 15) is 4.79 Å². The molecule has 2 heterocycles. The first kappa shape index (κ1) is 9.77. The predicted molar refractivity (Wildman–Crippen MR) is 56.4 cm³/mol. The third-order valence-electron chi connectivity index (χ3n) is 2.74. The molecule has 1 saturated carbocycles. The van der Waals surface area contributed by atoms with E-state index in [1.54, 1.807) is 0 Å². The smallest absolute Gasteiger partial charge is 0.410 e. The first-order valence-corrected chi connectivity index (χ1v) is 6.21. The largest absolute Gasteiger partial charge is 0.450 e. The van der Waals surface area contributed by atoms with Gasteiger partial charge in [-0.05, 0) is 6.92 Å². The summed E-state index contributed by atoms with van der Waals surface area (Å²) in [4.78, 5) is 14.1. The molecule has 3 nitrogen and oxygen atoms in total. The van der Waals surface area contributed by atoms with Crippen molar-refractivity contribution in [3.05, 3.63) is 0 Å². The average molecular weight is 313 g/mol. The second-order valence-electron chi connectivity index (χ2n) is 3.39. The molecule has 0 aromatic rings. The van der Waals surface area contributed by atoms with E-state index in [0.717, 1.165) is 6.54 Å². The predicted octanol–water partition coefficient (Wildman–Crippen LogP) is 1.98. The van der Waals surface area contributed by atoms with Crippen LogP contribution in [0.3, 0.4) is 0 Å². The van der Waals surface area contributed by atoms with E-state index >= 15 is 0 Å². The Morgan fingerprint density at radius 3 is 2.54 bits per heavy atom. The van der Waals surface area contributed by atoms with Gasteiger partial charge in [0.05, 0.1) is 12.6 Å². The van der Waals surface area contributed by atoms with Crippen molar-refractivity contribution in [3.63, 3.8) is 0 Å². The van der Waals surface area contributed by atoms with Crippen LogP contribution in [0.4, 0.5) is 4.79 Å². The number of hydrogen-bond donors (Lipinski definition) is 0. The Hall–Kier alpha value is 0.230. The number of nitrogens with zero attached hydrogens (tertiary/aromatic N) is 1. The van der Waals surface area contributed by atoms with Gasteiger partial charge in [0, 0.05) is 22.1 Å². The lowest BCUT2D eigenvalue weighted by atomic mass is 9.86. The van der Waals surface area contributed by atoms with Gasteiger partial charge in [0.25, 0.3) is 0 Å². The van der Waals surface area contributed by atoms with Crippen LogP contribution in [-0.2, 0) is 4.74 Å². The summed E-state index contributed by atoms with van der Waals surface area (Å²) in [5.41, 5.74) is 0. The standard InChI is InChI=1S/C8H11Br2NO2/c1-2-13-8(12)11-3-4-5(9)7(11)6(4)10/h4-7H,2-3H2,1H3/t4?,5-,6-,7?/m0/s1. The second kappa shape index (κ2) is 3.42. The molecule has 1 amide bonds. The highest BCUT2D eigenvalue weighted by Crippen LogP contribution is 2.49. The number of hydrogen-bond acceptors (Lipinski definition) is 2. The highest BCUT2D eigenvalue weighted by Gasteiger charge is 2.59. The van der Waals surface area contributed by atoms with E-state index in [1.165, 1.54) is 0 Å². The van der Waals surface area contributed by atoms with Crippen LogP contribution in [0.25, 0.3) is 0 Å². The molecular formula is C8H11Br2NO2. The lowest BCUT2D eigenvalue weighted by Crippen LogP contribution is -2.51. The van der Waals surface area contributed by atoms with E-state index in [2.05, 4.69) is 31.9 Å². The fraction of sp³-hybridized carbons (Fsp3) is 0.875. The molecule has 2 saturated heterocycles. The van der Waals surface area contributed by atoms with Gasteiger partial charge in [-0.2, -0.15) is 0 Å². The summed E-state index contributed by atoms with van der Waals surface area (Å²) in [5.74, 6) is 0.550. The van der Waals surface area contributed by atoms with Crippen LogP contribution in [-0.4, -0.2) is 39.8 Å². The molecule has 2 atom stereocenters. The Bertz CT molecular complexity index is 226. The van der Waals surface area contributed by atoms with Crippen molar-refractivity contribution in [2.75, 3.05) is 13.2 Å². The highest BCUT2D eigenvalue weighted by molar-refractivity contribution is 9.10. The molecule has 0 unspecified atom stereocenters. The normalized spacial score (nSPS) is 41.6. The number of fused-ring (bicyclic) bond motifs is 1. The third kappa shape index (κ3) is 1.31. The third-order valence-corrected chi connectivity index (χ3v) is 5.18. The number of ether oxygens (including phenoxy) is 1. The molecule has 0 N–H and O–H groups in total. The molecule has 5 heteroatoms. The number of alkyl halides is 2. The van der Waals surface area contributed by atoms with Crippen molar-refractivity contribution in [2.24, 2.45) is 5.92 Å². The SMILES string of the molecule is CCOC(=O)N1CC2[C@H](Br)C1[C@H]2Br. The van der Waals surface area contributed by atoms with Gasteiger partial charge >= 0.3 is 6.09 Å². The second-order valence-corrected chi connectivity index (χ2v) is 5.51. The minimum atomic E-state index is -0.179. The molecule has 3 fully saturated rings. The van der Waals surface area contributed by atoms with E-state index in [4.69, 9.17) is 4.74 Å². The van der Waals surface area contributed by atoms with Crippen molar-refractivity contribution in [2.45, 2.75) is 22.6 Å². The first-order valence-electron chi connectivity index (χ1n) is 4.38. The maximum atomic E-state index is 11.4. The van der Waals surface area contributed by atoms with Crippen LogP contribution in [0.1, 0.15) is 6.92 Å². The fourth-order valence-corrected chi connectivity index (χ4v) is 5.05. The van der Waals surface area contributed by atoms with E-state index < -0.39 is 0 Å². The minimum absolute atomic E-state index is 0.179. The Kier molecular flexibility index (Phi) is 2.57. The minimum Gasteiger partial charge on any atom is -0.450 e. The lowest BCUT2D eigenvalue weighted by Gasteiger charge is -2.37. The summed E-state index contributed by atoms with van der Waals surface area (Å²) in [6, 6.07) is 0.282. The zero-order valence-electron chi connectivity index (χ0n) is 7.24. The summed E-state index contributed by atoms with van der Waals surface area (Å²) in [5, 5.41) is 0. The van der Waals surface area contributed by atoms with Crippen molar-refractivity contribution >= 4 is 38.0 Å². The topological polar surface area (TPSA) is 29.5 Å². The van der Waals surface area contributed by atoms with Gasteiger partial charge in [-0.1, -0.05) is 31.9 Å². The molecule has 3 rings (SSSR count). The Balaban J connectivity index is 2.00. The number of rotatable bonds is 1. The Morgan fingerprint density at radius 2 is 2.15 bits per heavy atom. The highest BCUT2D eigenvalue weighted by atomic mass is 79.9. The maximum absolute atomic E-state index is 11.4. The van der Waals surface area contributed by atoms with Gasteiger partial charge in [-0.15, -0.1) is 0 Å². The molecule has 3 aliphatic rings. The molecule has 0 aromatic heterocycles. The van der Waals surface area contributed by atoms with Crippen LogP contribution in [0.5, 0.6) is 0 Å². The number of halogens is 2. The fourth-order valence-electron chi connectivity index (χ4n) is 2.01. The summed E-state index contributed by atoms with van der Waals surface area (Å²) in [6.45, 7) is 3.09. The monoisotopic (exact) mass is 311 g/mol. The number of carbonyl (C=O) groups excluding carboxylic acids is 1. The zero-order chi connectivity index (χ0) is 9.59. The van der Waals surface area contributed by atoms with Crippen LogP contribution in [0.15, 0.2) is 0 Å². The lowest BCUT2D eigenvalue weighted by molar-refractivity contribution is 0.108. The number of amides is 1. The first-order chi connectivity index (χ1) is 6.16. The molecule has 1 aliphatic carbocycles. The molecular weight excluding hydrogens is 302 g/mol. The van der Waals surface area contributed by atoms with E-state index in [1.807, 2.05) is 11.8 Å².